The average molecular weight is 445 g/mol. The SMILES string of the molecule is O=C(Nc1ccccc1)Nc1ccc(NC(=O)c2cccc(OCc3cscn3)c2)cc1. The zero-order valence-corrected chi connectivity index (χ0v) is 17.8. The van der Waals surface area contributed by atoms with Crippen molar-refractivity contribution in [2.75, 3.05) is 16.0 Å². The third-order valence-electron chi connectivity index (χ3n) is 4.40. The van der Waals surface area contributed by atoms with Gasteiger partial charge >= 0.3 is 6.03 Å². The van der Waals surface area contributed by atoms with E-state index in [0.29, 0.717) is 35.0 Å². The number of aromatic nitrogens is 1. The van der Waals surface area contributed by atoms with E-state index in [1.807, 2.05) is 23.6 Å². The fourth-order valence-corrected chi connectivity index (χ4v) is 3.39. The van der Waals surface area contributed by atoms with Crippen molar-refractivity contribution in [3.63, 3.8) is 0 Å². The van der Waals surface area contributed by atoms with E-state index in [4.69, 9.17) is 4.74 Å². The van der Waals surface area contributed by atoms with Crippen molar-refractivity contribution in [2.45, 2.75) is 6.61 Å². The van der Waals surface area contributed by atoms with E-state index in [1.165, 1.54) is 11.3 Å². The number of thiazole rings is 1. The van der Waals surface area contributed by atoms with Crippen LogP contribution < -0.4 is 20.7 Å². The first kappa shape index (κ1) is 21.1. The summed E-state index contributed by atoms with van der Waals surface area (Å²) in [6, 6.07) is 22.7. The van der Waals surface area contributed by atoms with E-state index in [0.717, 1.165) is 5.69 Å². The Labute approximate surface area is 189 Å². The molecular formula is C24H20N4O3S. The molecule has 4 aromatic rings. The maximum absolute atomic E-state index is 12.6. The smallest absolute Gasteiger partial charge is 0.323 e. The van der Waals surface area contributed by atoms with Crippen LogP contribution >= 0.6 is 11.3 Å². The summed E-state index contributed by atoms with van der Waals surface area (Å²) < 4.78 is 5.70. The lowest BCUT2D eigenvalue weighted by Gasteiger charge is -2.10. The molecule has 7 nitrogen and oxygen atoms in total. The van der Waals surface area contributed by atoms with Crippen LogP contribution in [-0.4, -0.2) is 16.9 Å². The molecule has 1 heterocycles. The number of ether oxygens (including phenoxy) is 1. The van der Waals surface area contributed by atoms with Crippen LogP contribution in [0.5, 0.6) is 5.75 Å². The Bertz CT molecular complexity index is 1180. The van der Waals surface area contributed by atoms with Crippen LogP contribution in [0.1, 0.15) is 16.1 Å². The number of nitrogens with one attached hydrogen (secondary N) is 3. The van der Waals surface area contributed by atoms with Gasteiger partial charge in [0.1, 0.15) is 12.4 Å². The second-order valence-electron chi connectivity index (χ2n) is 6.77. The van der Waals surface area contributed by atoms with Gasteiger partial charge in [0.15, 0.2) is 0 Å². The Balaban J connectivity index is 1.31. The van der Waals surface area contributed by atoms with Crippen molar-refractivity contribution in [3.05, 3.63) is 101 Å². The number of rotatable bonds is 7. The van der Waals surface area contributed by atoms with Gasteiger partial charge in [-0.2, -0.15) is 0 Å². The Hall–Kier alpha value is -4.17. The molecule has 0 spiro atoms. The maximum atomic E-state index is 12.6. The number of carbonyl (C=O) groups excluding carboxylic acids is 2. The average Bonchev–Trinajstić information content (AvgIpc) is 3.34. The number of hydrogen-bond acceptors (Lipinski definition) is 5. The maximum Gasteiger partial charge on any atom is 0.323 e. The van der Waals surface area contributed by atoms with Crippen molar-refractivity contribution < 1.29 is 14.3 Å². The van der Waals surface area contributed by atoms with Gasteiger partial charge in [-0.3, -0.25) is 4.79 Å². The lowest BCUT2D eigenvalue weighted by molar-refractivity contribution is 0.102. The second-order valence-corrected chi connectivity index (χ2v) is 7.49. The fraction of sp³-hybridized carbons (Fsp3) is 0.0417. The molecule has 3 amide bonds. The number of benzene rings is 3. The largest absolute Gasteiger partial charge is 0.487 e. The van der Waals surface area contributed by atoms with Crippen molar-refractivity contribution in [1.29, 1.82) is 0 Å². The summed E-state index contributed by atoms with van der Waals surface area (Å²) in [5.74, 6) is 0.335. The molecule has 32 heavy (non-hydrogen) atoms. The van der Waals surface area contributed by atoms with Crippen LogP contribution in [0.4, 0.5) is 21.9 Å². The highest BCUT2D eigenvalue weighted by Crippen LogP contribution is 2.18. The molecule has 0 atom stereocenters. The zero-order chi connectivity index (χ0) is 22.2. The number of carbonyl (C=O) groups is 2. The first-order valence-corrected chi connectivity index (χ1v) is 10.7. The van der Waals surface area contributed by atoms with Crippen molar-refractivity contribution >= 4 is 40.3 Å². The summed E-state index contributed by atoms with van der Waals surface area (Å²) in [6.07, 6.45) is 0. The molecule has 1 aromatic heterocycles. The lowest BCUT2D eigenvalue weighted by atomic mass is 10.2. The molecule has 0 aliphatic rings. The highest BCUT2D eigenvalue weighted by Gasteiger charge is 2.09. The highest BCUT2D eigenvalue weighted by molar-refractivity contribution is 7.07. The van der Waals surface area contributed by atoms with Gasteiger partial charge < -0.3 is 20.7 Å². The summed E-state index contributed by atoms with van der Waals surface area (Å²) in [5, 5.41) is 10.3. The molecule has 0 saturated carbocycles. The molecule has 0 aliphatic carbocycles. The minimum Gasteiger partial charge on any atom is -0.487 e. The van der Waals surface area contributed by atoms with E-state index in [1.54, 1.807) is 66.2 Å². The molecule has 0 bridgehead atoms. The summed E-state index contributed by atoms with van der Waals surface area (Å²) in [4.78, 5) is 28.9. The number of amides is 3. The number of hydrogen-bond donors (Lipinski definition) is 3. The van der Waals surface area contributed by atoms with Gasteiger partial charge in [-0.05, 0) is 54.6 Å². The highest BCUT2D eigenvalue weighted by atomic mass is 32.1. The molecule has 0 saturated heterocycles. The third kappa shape index (κ3) is 5.93. The van der Waals surface area contributed by atoms with Crippen LogP contribution in [0.3, 0.4) is 0 Å². The minimum absolute atomic E-state index is 0.258. The van der Waals surface area contributed by atoms with E-state index in [9.17, 15) is 9.59 Å². The standard InChI is InChI=1S/C24H20N4O3S/c29-23(17-5-4-8-22(13-17)31-14-21-15-32-16-25-21)26-19-9-11-20(12-10-19)28-24(30)27-18-6-2-1-3-7-18/h1-13,15-16H,14H2,(H,26,29)(H2,27,28,30). The van der Waals surface area contributed by atoms with Crippen molar-refractivity contribution in [1.82, 2.24) is 4.98 Å². The molecule has 0 aliphatic heterocycles. The predicted octanol–water partition coefficient (Wildman–Crippen LogP) is 5.62. The van der Waals surface area contributed by atoms with Gasteiger partial charge in [0.25, 0.3) is 5.91 Å². The van der Waals surface area contributed by atoms with Gasteiger partial charge in [-0.1, -0.05) is 24.3 Å². The molecule has 8 heteroatoms. The molecular weight excluding hydrogens is 424 g/mol. The quantitative estimate of drug-likeness (QED) is 0.345. The van der Waals surface area contributed by atoms with Crippen LogP contribution in [0.15, 0.2) is 89.8 Å². The monoisotopic (exact) mass is 444 g/mol. The van der Waals surface area contributed by atoms with Gasteiger partial charge in [0.05, 0.1) is 11.2 Å². The Morgan fingerprint density at radius 2 is 1.50 bits per heavy atom. The first-order valence-electron chi connectivity index (χ1n) is 9.80. The summed E-state index contributed by atoms with van der Waals surface area (Å²) in [5.41, 5.74) is 4.98. The predicted molar refractivity (Wildman–Crippen MR) is 126 cm³/mol. The van der Waals surface area contributed by atoms with E-state index >= 15 is 0 Å². The fourth-order valence-electron chi connectivity index (χ4n) is 2.85. The number of para-hydroxylation sites is 1. The van der Waals surface area contributed by atoms with Crippen LogP contribution in [0.2, 0.25) is 0 Å². The zero-order valence-electron chi connectivity index (χ0n) is 16.9. The normalized spacial score (nSPS) is 10.2. The Morgan fingerprint density at radius 1 is 0.812 bits per heavy atom. The van der Waals surface area contributed by atoms with E-state index in [-0.39, 0.29) is 11.9 Å². The van der Waals surface area contributed by atoms with Crippen LogP contribution in [0, 0.1) is 0 Å². The van der Waals surface area contributed by atoms with Crippen molar-refractivity contribution in [2.24, 2.45) is 0 Å². The van der Waals surface area contributed by atoms with E-state index < -0.39 is 0 Å². The molecule has 160 valence electrons. The van der Waals surface area contributed by atoms with Crippen molar-refractivity contribution in [3.8, 4) is 5.75 Å². The molecule has 0 radical (unpaired) electrons. The number of urea groups is 1. The van der Waals surface area contributed by atoms with Crippen LogP contribution in [-0.2, 0) is 6.61 Å². The van der Waals surface area contributed by atoms with Gasteiger partial charge in [-0.25, -0.2) is 9.78 Å². The van der Waals surface area contributed by atoms with Gasteiger partial charge in [0.2, 0.25) is 0 Å². The van der Waals surface area contributed by atoms with Gasteiger partial charge in [0, 0.05) is 28.0 Å². The molecule has 0 unspecified atom stereocenters. The lowest BCUT2D eigenvalue weighted by Crippen LogP contribution is -2.19. The molecule has 3 N–H and O–H groups in total. The third-order valence-corrected chi connectivity index (χ3v) is 5.03. The summed E-state index contributed by atoms with van der Waals surface area (Å²) in [6.45, 7) is 0.348. The molecule has 4 rings (SSSR count). The van der Waals surface area contributed by atoms with E-state index in [2.05, 4.69) is 20.9 Å². The molecule has 3 aromatic carbocycles. The number of nitrogens with zero attached hydrogens (tertiary/aromatic N) is 1. The Kier molecular flexibility index (Phi) is 6.74. The minimum atomic E-state index is -0.345. The first-order chi connectivity index (χ1) is 15.7. The second kappa shape index (κ2) is 10.2. The summed E-state index contributed by atoms with van der Waals surface area (Å²) >= 11 is 1.51. The van der Waals surface area contributed by atoms with Crippen LogP contribution in [0.25, 0.3) is 0 Å². The molecule has 0 fully saturated rings. The summed E-state index contributed by atoms with van der Waals surface area (Å²) in [7, 11) is 0. The topological polar surface area (TPSA) is 92.4 Å². The Morgan fingerprint density at radius 3 is 2.19 bits per heavy atom. The van der Waals surface area contributed by atoms with Gasteiger partial charge in [-0.15, -0.1) is 11.3 Å². The number of anilines is 3.